The van der Waals surface area contributed by atoms with E-state index in [4.69, 9.17) is 10.5 Å². The minimum Gasteiger partial charge on any atom is -0.491 e. The zero-order chi connectivity index (χ0) is 13.1. The molecule has 1 fully saturated rings. The Morgan fingerprint density at radius 1 is 1.28 bits per heavy atom. The fraction of sp³-hybridized carbons (Fsp3) is 0.600. The molecule has 1 aromatic carbocycles. The summed E-state index contributed by atoms with van der Waals surface area (Å²) in [5, 5.41) is 0. The van der Waals surface area contributed by atoms with Crippen LogP contribution in [0.25, 0.3) is 0 Å². The molecule has 2 N–H and O–H groups in total. The molecule has 2 rings (SSSR count). The van der Waals surface area contributed by atoms with Gasteiger partial charge in [-0.2, -0.15) is 0 Å². The lowest BCUT2D eigenvalue weighted by Crippen LogP contribution is -2.43. The van der Waals surface area contributed by atoms with Crippen molar-refractivity contribution in [3.05, 3.63) is 29.8 Å². The maximum Gasteiger partial charge on any atom is 0.119 e. The molecule has 1 saturated heterocycles. The Labute approximate surface area is 110 Å². The summed E-state index contributed by atoms with van der Waals surface area (Å²) in [5.74, 6) is 1.38. The third-order valence-electron chi connectivity index (χ3n) is 3.55. The average Bonchev–Trinajstić information content (AvgIpc) is 2.33. The molecule has 0 radical (unpaired) electrons. The predicted octanol–water partition coefficient (Wildman–Crippen LogP) is 2.22. The van der Waals surface area contributed by atoms with Crippen LogP contribution in [-0.4, -0.2) is 37.2 Å². The minimum atomic E-state index is 0.221. The second-order valence-electron chi connectivity index (χ2n) is 5.56. The van der Waals surface area contributed by atoms with Crippen LogP contribution in [0.5, 0.6) is 5.75 Å². The van der Waals surface area contributed by atoms with Crippen molar-refractivity contribution < 1.29 is 4.74 Å². The number of rotatable bonds is 3. The monoisotopic (exact) mass is 248 g/mol. The van der Waals surface area contributed by atoms with Gasteiger partial charge in [-0.15, -0.1) is 0 Å². The number of benzene rings is 1. The fourth-order valence-electron chi connectivity index (χ4n) is 2.55. The zero-order valence-electron chi connectivity index (χ0n) is 11.6. The summed E-state index contributed by atoms with van der Waals surface area (Å²) in [6.45, 7) is 6.23. The van der Waals surface area contributed by atoms with Gasteiger partial charge in [0.2, 0.25) is 0 Å². The highest BCUT2D eigenvalue weighted by Crippen LogP contribution is 2.27. The van der Waals surface area contributed by atoms with Crippen molar-refractivity contribution in [2.75, 3.05) is 20.1 Å². The predicted molar refractivity (Wildman–Crippen MR) is 75.0 cm³/mol. The van der Waals surface area contributed by atoms with Crippen molar-refractivity contribution in [1.29, 1.82) is 0 Å². The molecule has 0 bridgehead atoms. The molecule has 0 spiro atoms. The second-order valence-corrected chi connectivity index (χ2v) is 5.56. The van der Waals surface area contributed by atoms with Gasteiger partial charge in [-0.05, 0) is 51.6 Å². The van der Waals surface area contributed by atoms with E-state index < -0.39 is 0 Å². The standard InChI is InChI=1S/C15H24N2O/c1-11(2)18-13-6-4-12(5-7-13)14-10-17(3)9-8-15(14)16/h4-7,11,14-15H,8-10,16H2,1-3H3. The molecule has 1 aliphatic heterocycles. The normalized spacial score (nSPS) is 25.4. The summed E-state index contributed by atoms with van der Waals surface area (Å²) in [7, 11) is 2.16. The van der Waals surface area contributed by atoms with E-state index >= 15 is 0 Å². The first-order valence-electron chi connectivity index (χ1n) is 6.77. The van der Waals surface area contributed by atoms with Crippen LogP contribution in [0.3, 0.4) is 0 Å². The molecule has 3 nitrogen and oxygen atoms in total. The topological polar surface area (TPSA) is 38.5 Å². The van der Waals surface area contributed by atoms with E-state index in [1.54, 1.807) is 0 Å². The first-order chi connectivity index (χ1) is 8.56. The molecule has 0 amide bonds. The van der Waals surface area contributed by atoms with Gasteiger partial charge in [-0.3, -0.25) is 0 Å². The summed E-state index contributed by atoms with van der Waals surface area (Å²) >= 11 is 0. The van der Waals surface area contributed by atoms with Gasteiger partial charge in [0, 0.05) is 18.5 Å². The Kier molecular flexibility index (Phi) is 4.25. The van der Waals surface area contributed by atoms with Crippen molar-refractivity contribution >= 4 is 0 Å². The van der Waals surface area contributed by atoms with E-state index in [1.165, 1.54) is 5.56 Å². The lowest BCUT2D eigenvalue weighted by Gasteiger charge is -2.35. The van der Waals surface area contributed by atoms with Crippen LogP contribution in [0.1, 0.15) is 31.7 Å². The molecule has 0 aromatic heterocycles. The molecule has 0 saturated carbocycles. The largest absolute Gasteiger partial charge is 0.491 e. The summed E-state index contributed by atoms with van der Waals surface area (Å²) < 4.78 is 5.66. The van der Waals surface area contributed by atoms with Crippen LogP contribution in [0.15, 0.2) is 24.3 Å². The maximum atomic E-state index is 6.23. The summed E-state index contributed by atoms with van der Waals surface area (Å²) in [6.07, 6.45) is 1.30. The van der Waals surface area contributed by atoms with E-state index in [9.17, 15) is 0 Å². The summed E-state index contributed by atoms with van der Waals surface area (Å²) in [5.41, 5.74) is 7.56. The number of nitrogens with two attached hydrogens (primary N) is 1. The van der Waals surface area contributed by atoms with E-state index in [1.807, 2.05) is 13.8 Å². The van der Waals surface area contributed by atoms with Crippen LogP contribution >= 0.6 is 0 Å². The van der Waals surface area contributed by atoms with Crippen molar-refractivity contribution in [1.82, 2.24) is 4.90 Å². The van der Waals surface area contributed by atoms with Crippen LogP contribution in [0.4, 0.5) is 0 Å². The van der Waals surface area contributed by atoms with E-state index in [0.717, 1.165) is 25.3 Å². The highest BCUT2D eigenvalue weighted by molar-refractivity contribution is 5.31. The smallest absolute Gasteiger partial charge is 0.119 e. The molecule has 18 heavy (non-hydrogen) atoms. The number of likely N-dealkylation sites (tertiary alicyclic amines) is 1. The van der Waals surface area contributed by atoms with Gasteiger partial charge in [-0.25, -0.2) is 0 Å². The number of nitrogens with zero attached hydrogens (tertiary/aromatic N) is 1. The maximum absolute atomic E-state index is 6.23. The van der Waals surface area contributed by atoms with E-state index in [0.29, 0.717) is 5.92 Å². The molecule has 100 valence electrons. The van der Waals surface area contributed by atoms with Gasteiger partial charge in [0.1, 0.15) is 5.75 Å². The highest BCUT2D eigenvalue weighted by Gasteiger charge is 2.25. The summed E-state index contributed by atoms with van der Waals surface area (Å²) in [6, 6.07) is 8.69. The third-order valence-corrected chi connectivity index (χ3v) is 3.55. The van der Waals surface area contributed by atoms with Gasteiger partial charge >= 0.3 is 0 Å². The van der Waals surface area contributed by atoms with Crippen LogP contribution in [0.2, 0.25) is 0 Å². The number of likely N-dealkylation sites (N-methyl/N-ethyl adjacent to an activating group) is 1. The van der Waals surface area contributed by atoms with Gasteiger partial charge in [0.15, 0.2) is 0 Å². The molecule has 2 atom stereocenters. The molecular weight excluding hydrogens is 224 g/mol. The molecule has 3 heteroatoms. The van der Waals surface area contributed by atoms with Crippen LogP contribution < -0.4 is 10.5 Å². The van der Waals surface area contributed by atoms with Crippen LogP contribution in [-0.2, 0) is 0 Å². The van der Waals surface area contributed by atoms with Gasteiger partial charge in [0.05, 0.1) is 6.10 Å². The molecular formula is C15H24N2O. The molecule has 2 unspecified atom stereocenters. The van der Waals surface area contributed by atoms with Crippen LogP contribution in [0, 0.1) is 0 Å². The number of ether oxygens (including phenoxy) is 1. The Bertz CT molecular complexity index is 375. The molecule has 0 aliphatic carbocycles. The highest BCUT2D eigenvalue weighted by atomic mass is 16.5. The molecule has 1 aromatic rings. The first-order valence-corrected chi connectivity index (χ1v) is 6.77. The lowest BCUT2D eigenvalue weighted by molar-refractivity contribution is 0.227. The van der Waals surface area contributed by atoms with Crippen molar-refractivity contribution in [3.63, 3.8) is 0 Å². The van der Waals surface area contributed by atoms with Crippen molar-refractivity contribution in [3.8, 4) is 5.75 Å². The fourth-order valence-corrected chi connectivity index (χ4v) is 2.55. The van der Waals surface area contributed by atoms with Gasteiger partial charge in [-0.1, -0.05) is 12.1 Å². The third kappa shape index (κ3) is 3.24. The van der Waals surface area contributed by atoms with E-state index in [-0.39, 0.29) is 12.1 Å². The SMILES string of the molecule is CC(C)Oc1ccc(C2CN(C)CCC2N)cc1. The second kappa shape index (κ2) is 5.72. The quantitative estimate of drug-likeness (QED) is 0.891. The first kappa shape index (κ1) is 13.4. The zero-order valence-corrected chi connectivity index (χ0v) is 11.6. The lowest BCUT2D eigenvalue weighted by atomic mass is 9.87. The van der Waals surface area contributed by atoms with E-state index in [2.05, 4.69) is 36.2 Å². The number of hydrogen-bond donors (Lipinski definition) is 1. The minimum absolute atomic E-state index is 0.221. The van der Waals surface area contributed by atoms with Crippen molar-refractivity contribution in [2.45, 2.75) is 38.3 Å². The average molecular weight is 248 g/mol. The van der Waals surface area contributed by atoms with Gasteiger partial charge < -0.3 is 15.4 Å². The number of piperidine rings is 1. The Morgan fingerprint density at radius 2 is 1.94 bits per heavy atom. The Balaban J connectivity index is 2.08. The molecule has 1 heterocycles. The van der Waals surface area contributed by atoms with Crippen molar-refractivity contribution in [2.24, 2.45) is 5.73 Å². The van der Waals surface area contributed by atoms with Gasteiger partial charge in [0.25, 0.3) is 0 Å². The number of hydrogen-bond acceptors (Lipinski definition) is 3. The Morgan fingerprint density at radius 3 is 2.56 bits per heavy atom. The Hall–Kier alpha value is -1.06. The summed E-state index contributed by atoms with van der Waals surface area (Å²) in [4.78, 5) is 2.35. The molecule has 1 aliphatic rings.